The van der Waals surface area contributed by atoms with Gasteiger partial charge >= 0.3 is 0 Å². The molecule has 2 heterocycles. The maximum absolute atomic E-state index is 11.4. The average Bonchev–Trinajstić information content (AvgIpc) is 2.70. The SMILES string of the molecule is CCc1c(C)sc2nc(C(C)(C)C)c(C=O)n12. The number of hydrogen-bond acceptors (Lipinski definition) is 3. The molecule has 4 heteroatoms. The molecule has 0 N–H and O–H groups in total. The summed E-state index contributed by atoms with van der Waals surface area (Å²) in [5.74, 6) is 0. The van der Waals surface area contributed by atoms with Crippen LogP contribution in [0.4, 0.5) is 0 Å². The minimum absolute atomic E-state index is 0.0963. The van der Waals surface area contributed by atoms with E-state index in [4.69, 9.17) is 0 Å². The van der Waals surface area contributed by atoms with E-state index in [9.17, 15) is 4.79 Å². The molecule has 92 valence electrons. The molecule has 2 aromatic rings. The van der Waals surface area contributed by atoms with Crippen LogP contribution in [-0.4, -0.2) is 15.7 Å². The predicted octanol–water partition coefficient (Wildman–Crippen LogP) is 3.38. The Hall–Kier alpha value is -1.16. The number of thiazole rings is 1. The number of nitrogens with zero attached hydrogens (tertiary/aromatic N) is 2. The van der Waals surface area contributed by atoms with Crippen LogP contribution in [0.25, 0.3) is 4.96 Å². The van der Waals surface area contributed by atoms with Crippen molar-refractivity contribution in [3.05, 3.63) is 22.0 Å². The van der Waals surface area contributed by atoms with Gasteiger partial charge in [0.1, 0.15) is 5.69 Å². The predicted molar refractivity (Wildman–Crippen MR) is 71.3 cm³/mol. The van der Waals surface area contributed by atoms with Crippen LogP contribution in [0.5, 0.6) is 0 Å². The molecule has 2 aromatic heterocycles. The highest BCUT2D eigenvalue weighted by Gasteiger charge is 2.25. The van der Waals surface area contributed by atoms with Crippen molar-refractivity contribution >= 4 is 22.6 Å². The molecule has 0 amide bonds. The van der Waals surface area contributed by atoms with Gasteiger partial charge in [-0.25, -0.2) is 4.98 Å². The van der Waals surface area contributed by atoms with Crippen LogP contribution < -0.4 is 0 Å². The number of aromatic nitrogens is 2. The minimum atomic E-state index is -0.0963. The third kappa shape index (κ3) is 1.80. The van der Waals surface area contributed by atoms with Crippen molar-refractivity contribution in [2.45, 2.75) is 46.5 Å². The van der Waals surface area contributed by atoms with Crippen LogP contribution in [-0.2, 0) is 11.8 Å². The number of rotatable bonds is 2. The van der Waals surface area contributed by atoms with E-state index in [-0.39, 0.29) is 5.41 Å². The molecule has 0 atom stereocenters. The van der Waals surface area contributed by atoms with Gasteiger partial charge in [-0.05, 0) is 13.3 Å². The smallest absolute Gasteiger partial charge is 0.194 e. The van der Waals surface area contributed by atoms with Gasteiger partial charge in [0.25, 0.3) is 0 Å². The Bertz CT molecular complexity index is 572. The maximum atomic E-state index is 11.4. The Morgan fingerprint density at radius 3 is 2.53 bits per heavy atom. The lowest BCUT2D eigenvalue weighted by Gasteiger charge is -2.16. The number of aryl methyl sites for hydroxylation is 2. The normalized spacial score (nSPS) is 12.3. The second-order valence-electron chi connectivity index (χ2n) is 5.29. The average molecular weight is 250 g/mol. The molecule has 17 heavy (non-hydrogen) atoms. The third-order valence-corrected chi connectivity index (χ3v) is 3.96. The Morgan fingerprint density at radius 2 is 2.06 bits per heavy atom. The van der Waals surface area contributed by atoms with Crippen molar-refractivity contribution < 1.29 is 4.79 Å². The molecule has 0 fully saturated rings. The molecule has 0 saturated carbocycles. The summed E-state index contributed by atoms with van der Waals surface area (Å²) in [4.78, 5) is 18.2. The van der Waals surface area contributed by atoms with Gasteiger partial charge in [0.2, 0.25) is 0 Å². The van der Waals surface area contributed by atoms with Gasteiger partial charge in [-0.15, -0.1) is 11.3 Å². The summed E-state index contributed by atoms with van der Waals surface area (Å²) in [6, 6.07) is 0. The van der Waals surface area contributed by atoms with Gasteiger partial charge in [-0.2, -0.15) is 0 Å². The van der Waals surface area contributed by atoms with Crippen molar-refractivity contribution in [3.8, 4) is 0 Å². The van der Waals surface area contributed by atoms with Crippen LogP contribution in [0.15, 0.2) is 0 Å². The van der Waals surface area contributed by atoms with Gasteiger partial charge in [0.15, 0.2) is 11.2 Å². The standard InChI is InChI=1S/C13H18N2OS/c1-6-9-8(2)17-12-14-11(13(3,4)5)10(7-16)15(9)12/h7H,6H2,1-5H3. The molecule has 0 unspecified atom stereocenters. The van der Waals surface area contributed by atoms with Crippen LogP contribution in [0, 0.1) is 6.92 Å². The number of aldehydes is 1. The summed E-state index contributed by atoms with van der Waals surface area (Å²) in [5.41, 5.74) is 2.72. The number of fused-ring (bicyclic) bond motifs is 1. The first-order valence-electron chi connectivity index (χ1n) is 5.86. The van der Waals surface area contributed by atoms with Gasteiger partial charge in [-0.3, -0.25) is 9.20 Å². The molecule has 0 aliphatic heterocycles. The molecule has 2 rings (SSSR count). The Balaban J connectivity index is 2.84. The van der Waals surface area contributed by atoms with E-state index in [1.807, 2.05) is 4.40 Å². The monoisotopic (exact) mass is 250 g/mol. The molecule has 0 spiro atoms. The van der Waals surface area contributed by atoms with Crippen LogP contribution in [0.1, 0.15) is 54.4 Å². The van der Waals surface area contributed by atoms with E-state index in [1.54, 1.807) is 11.3 Å². The fourth-order valence-electron chi connectivity index (χ4n) is 2.16. The fraction of sp³-hybridized carbons (Fsp3) is 0.538. The zero-order valence-electron chi connectivity index (χ0n) is 11.0. The van der Waals surface area contributed by atoms with Crippen molar-refractivity contribution in [1.82, 2.24) is 9.38 Å². The summed E-state index contributed by atoms with van der Waals surface area (Å²) < 4.78 is 2.02. The first-order valence-corrected chi connectivity index (χ1v) is 6.68. The lowest BCUT2D eigenvalue weighted by atomic mass is 9.91. The van der Waals surface area contributed by atoms with Crippen molar-refractivity contribution in [3.63, 3.8) is 0 Å². The highest BCUT2D eigenvalue weighted by atomic mass is 32.1. The number of carbonyl (C=O) groups is 1. The van der Waals surface area contributed by atoms with Gasteiger partial charge < -0.3 is 0 Å². The second-order valence-corrected chi connectivity index (χ2v) is 6.47. The minimum Gasteiger partial charge on any atom is -0.296 e. The van der Waals surface area contributed by atoms with Crippen LogP contribution in [0.3, 0.4) is 0 Å². The first-order chi connectivity index (χ1) is 7.90. The van der Waals surface area contributed by atoms with E-state index < -0.39 is 0 Å². The number of carbonyl (C=O) groups excluding carboxylic acids is 1. The molecule has 0 saturated heterocycles. The summed E-state index contributed by atoms with van der Waals surface area (Å²) in [6.45, 7) is 10.5. The first kappa shape index (κ1) is 12.3. The summed E-state index contributed by atoms with van der Waals surface area (Å²) in [6.07, 6.45) is 1.86. The molecule has 3 nitrogen and oxygen atoms in total. The van der Waals surface area contributed by atoms with E-state index >= 15 is 0 Å². The van der Waals surface area contributed by atoms with Crippen LogP contribution >= 0.6 is 11.3 Å². The number of imidazole rings is 1. The van der Waals surface area contributed by atoms with Crippen molar-refractivity contribution in [2.75, 3.05) is 0 Å². The summed E-state index contributed by atoms with van der Waals surface area (Å²) >= 11 is 1.66. The summed E-state index contributed by atoms with van der Waals surface area (Å²) in [5, 5.41) is 0. The van der Waals surface area contributed by atoms with Gasteiger partial charge in [0, 0.05) is 16.0 Å². The van der Waals surface area contributed by atoms with Crippen molar-refractivity contribution in [2.24, 2.45) is 0 Å². The highest BCUT2D eigenvalue weighted by molar-refractivity contribution is 7.17. The second kappa shape index (κ2) is 3.95. The lowest BCUT2D eigenvalue weighted by molar-refractivity contribution is 0.111. The van der Waals surface area contributed by atoms with E-state index in [1.165, 1.54) is 10.6 Å². The van der Waals surface area contributed by atoms with Gasteiger partial charge in [0.05, 0.1) is 5.69 Å². The maximum Gasteiger partial charge on any atom is 0.194 e. The molecule has 0 radical (unpaired) electrons. The van der Waals surface area contributed by atoms with Crippen molar-refractivity contribution in [1.29, 1.82) is 0 Å². The van der Waals surface area contributed by atoms with E-state index in [0.717, 1.165) is 23.4 Å². The molecule has 0 aliphatic rings. The lowest BCUT2D eigenvalue weighted by Crippen LogP contribution is -2.15. The van der Waals surface area contributed by atoms with Gasteiger partial charge in [-0.1, -0.05) is 27.7 Å². The van der Waals surface area contributed by atoms with E-state index in [0.29, 0.717) is 5.69 Å². The molecular weight excluding hydrogens is 232 g/mol. The van der Waals surface area contributed by atoms with E-state index in [2.05, 4.69) is 39.6 Å². The molecular formula is C13H18N2OS. The quantitative estimate of drug-likeness (QED) is 0.766. The largest absolute Gasteiger partial charge is 0.296 e. The summed E-state index contributed by atoms with van der Waals surface area (Å²) in [7, 11) is 0. The highest BCUT2D eigenvalue weighted by Crippen LogP contribution is 2.31. The molecule has 0 aromatic carbocycles. The third-order valence-electron chi connectivity index (χ3n) is 2.96. The molecule has 0 bridgehead atoms. The molecule has 0 aliphatic carbocycles. The number of hydrogen-bond donors (Lipinski definition) is 0. The Labute approximate surface area is 105 Å². The fourth-order valence-corrected chi connectivity index (χ4v) is 3.23. The van der Waals surface area contributed by atoms with Crippen LogP contribution in [0.2, 0.25) is 0 Å². The Morgan fingerprint density at radius 1 is 1.41 bits per heavy atom. The Kier molecular flexibility index (Phi) is 2.86. The topological polar surface area (TPSA) is 34.4 Å². The zero-order chi connectivity index (χ0) is 12.8. The zero-order valence-corrected chi connectivity index (χ0v) is 11.8.